The molecule has 1 N–H and O–H groups in total. The van der Waals surface area contributed by atoms with E-state index in [1.807, 2.05) is 18.2 Å². The average Bonchev–Trinajstić information content (AvgIpc) is 3.31. The number of sulfonamides is 1. The van der Waals surface area contributed by atoms with Crippen molar-refractivity contribution in [2.45, 2.75) is 10.3 Å². The summed E-state index contributed by atoms with van der Waals surface area (Å²) in [5.74, 6) is 1.38. The minimum absolute atomic E-state index is 0.145. The molecule has 1 aromatic heterocycles. The van der Waals surface area contributed by atoms with Crippen molar-refractivity contribution in [3.63, 3.8) is 0 Å². The van der Waals surface area contributed by atoms with Gasteiger partial charge in [0.25, 0.3) is 0 Å². The molecule has 1 atom stereocenters. The van der Waals surface area contributed by atoms with E-state index in [2.05, 4.69) is 9.62 Å². The second-order valence-corrected chi connectivity index (χ2v) is 9.90. The number of hydrogen-bond donors (Lipinski definition) is 1. The lowest BCUT2D eigenvalue weighted by molar-refractivity contribution is 0.0172. The van der Waals surface area contributed by atoms with Crippen molar-refractivity contribution < 1.29 is 22.6 Å². The molecule has 27 heavy (non-hydrogen) atoms. The third-order valence-electron chi connectivity index (χ3n) is 4.55. The van der Waals surface area contributed by atoms with Gasteiger partial charge in [0.05, 0.1) is 17.6 Å². The SMILES string of the molecule is O=S(=O)(NCC(c1ccc2c(c1)OCO2)N1CCOCC1)c1ccc(Cl)s1. The first kappa shape index (κ1) is 19.0. The highest BCUT2D eigenvalue weighted by atomic mass is 35.5. The van der Waals surface area contributed by atoms with Crippen molar-refractivity contribution in [3.8, 4) is 11.5 Å². The van der Waals surface area contributed by atoms with Gasteiger partial charge in [-0.15, -0.1) is 11.3 Å². The van der Waals surface area contributed by atoms with Gasteiger partial charge in [-0.05, 0) is 29.8 Å². The van der Waals surface area contributed by atoms with E-state index in [-0.39, 0.29) is 23.6 Å². The molecule has 1 unspecified atom stereocenters. The smallest absolute Gasteiger partial charge is 0.250 e. The van der Waals surface area contributed by atoms with Crippen LogP contribution in [0.25, 0.3) is 0 Å². The van der Waals surface area contributed by atoms with Crippen molar-refractivity contribution in [2.24, 2.45) is 0 Å². The molecule has 0 aliphatic carbocycles. The lowest BCUT2D eigenvalue weighted by Gasteiger charge is -2.34. The van der Waals surface area contributed by atoms with Gasteiger partial charge < -0.3 is 14.2 Å². The van der Waals surface area contributed by atoms with Crippen LogP contribution in [0.3, 0.4) is 0 Å². The summed E-state index contributed by atoms with van der Waals surface area (Å²) in [6, 6.07) is 8.67. The van der Waals surface area contributed by atoms with Crippen molar-refractivity contribution in [2.75, 3.05) is 39.6 Å². The highest BCUT2D eigenvalue weighted by molar-refractivity contribution is 7.91. The zero-order valence-corrected chi connectivity index (χ0v) is 16.8. The standard InChI is InChI=1S/C17H19ClN2O5S2/c18-16-3-4-17(26-16)27(21,22)19-10-13(20-5-7-23-8-6-20)12-1-2-14-15(9-12)25-11-24-14/h1-4,9,13,19H,5-8,10-11H2. The minimum Gasteiger partial charge on any atom is -0.454 e. The van der Waals surface area contributed by atoms with E-state index < -0.39 is 10.0 Å². The lowest BCUT2D eigenvalue weighted by atomic mass is 10.0. The number of morpholine rings is 1. The predicted octanol–water partition coefficient (Wildman–Crippen LogP) is 2.48. The molecule has 0 spiro atoms. The number of benzene rings is 1. The molecule has 1 aromatic carbocycles. The van der Waals surface area contributed by atoms with E-state index in [0.29, 0.717) is 29.0 Å². The summed E-state index contributed by atoms with van der Waals surface area (Å²) in [6.45, 7) is 3.13. The van der Waals surface area contributed by atoms with Gasteiger partial charge in [0.15, 0.2) is 11.5 Å². The van der Waals surface area contributed by atoms with Crippen LogP contribution in [0.1, 0.15) is 11.6 Å². The van der Waals surface area contributed by atoms with Crippen molar-refractivity contribution in [3.05, 3.63) is 40.2 Å². The van der Waals surface area contributed by atoms with Crippen molar-refractivity contribution in [1.29, 1.82) is 0 Å². The Morgan fingerprint density at radius 2 is 1.93 bits per heavy atom. The Labute approximate surface area is 166 Å². The summed E-state index contributed by atoms with van der Waals surface area (Å²) in [6.07, 6.45) is 0. The number of thiophene rings is 1. The highest BCUT2D eigenvalue weighted by Crippen LogP contribution is 2.35. The Bertz CT molecular complexity index is 912. The molecule has 10 heteroatoms. The molecule has 3 heterocycles. The number of fused-ring (bicyclic) bond motifs is 1. The van der Waals surface area contributed by atoms with Crippen LogP contribution in [0.15, 0.2) is 34.5 Å². The summed E-state index contributed by atoms with van der Waals surface area (Å²) in [5.41, 5.74) is 0.966. The molecule has 2 aromatic rings. The fraction of sp³-hybridized carbons (Fsp3) is 0.412. The molecule has 7 nitrogen and oxygen atoms in total. The van der Waals surface area contributed by atoms with Crippen LogP contribution >= 0.6 is 22.9 Å². The summed E-state index contributed by atoms with van der Waals surface area (Å²) >= 11 is 6.92. The average molecular weight is 431 g/mol. The number of nitrogens with zero attached hydrogens (tertiary/aromatic N) is 1. The Hall–Kier alpha value is -1.36. The zero-order valence-electron chi connectivity index (χ0n) is 14.4. The third-order valence-corrected chi connectivity index (χ3v) is 7.69. The maximum absolute atomic E-state index is 12.6. The number of nitrogens with one attached hydrogen (secondary N) is 1. The molecule has 2 aliphatic heterocycles. The number of ether oxygens (including phenoxy) is 3. The maximum Gasteiger partial charge on any atom is 0.250 e. The normalized spacial score (nSPS) is 18.6. The van der Waals surface area contributed by atoms with Gasteiger partial charge in [-0.3, -0.25) is 4.90 Å². The van der Waals surface area contributed by atoms with Gasteiger partial charge in [0.2, 0.25) is 16.8 Å². The maximum atomic E-state index is 12.6. The predicted molar refractivity (Wildman–Crippen MR) is 102 cm³/mol. The topological polar surface area (TPSA) is 77.1 Å². The molecule has 2 aliphatic rings. The van der Waals surface area contributed by atoms with E-state index in [1.54, 1.807) is 6.07 Å². The summed E-state index contributed by atoms with van der Waals surface area (Å²) < 4.78 is 44.9. The Morgan fingerprint density at radius 1 is 1.15 bits per heavy atom. The van der Waals surface area contributed by atoms with E-state index in [9.17, 15) is 8.42 Å². The molecular formula is C17H19ClN2O5S2. The number of rotatable bonds is 6. The van der Waals surface area contributed by atoms with E-state index in [4.69, 9.17) is 25.8 Å². The summed E-state index contributed by atoms with van der Waals surface area (Å²) in [4.78, 5) is 2.21. The van der Waals surface area contributed by atoms with Crippen LogP contribution < -0.4 is 14.2 Å². The van der Waals surface area contributed by atoms with E-state index in [1.165, 1.54) is 6.07 Å². The van der Waals surface area contributed by atoms with Crippen molar-refractivity contribution in [1.82, 2.24) is 9.62 Å². The molecule has 0 amide bonds. The van der Waals surface area contributed by atoms with E-state index >= 15 is 0 Å². The van der Waals surface area contributed by atoms with Crippen LogP contribution in [0, 0.1) is 0 Å². The second-order valence-electron chi connectivity index (χ2n) is 6.19. The van der Waals surface area contributed by atoms with Gasteiger partial charge in [-0.25, -0.2) is 13.1 Å². The fourth-order valence-electron chi connectivity index (χ4n) is 3.17. The first-order valence-electron chi connectivity index (χ1n) is 8.49. The molecule has 1 fully saturated rings. The molecule has 146 valence electrons. The molecule has 0 radical (unpaired) electrons. The quantitative estimate of drug-likeness (QED) is 0.758. The van der Waals surface area contributed by atoms with Gasteiger partial charge in [-0.2, -0.15) is 0 Å². The van der Waals surface area contributed by atoms with E-state index in [0.717, 1.165) is 30.0 Å². The van der Waals surface area contributed by atoms with Gasteiger partial charge >= 0.3 is 0 Å². The lowest BCUT2D eigenvalue weighted by Crippen LogP contribution is -2.43. The first-order valence-corrected chi connectivity index (χ1v) is 11.2. The van der Waals surface area contributed by atoms with Gasteiger partial charge in [0, 0.05) is 25.7 Å². The van der Waals surface area contributed by atoms with Crippen LogP contribution in [-0.2, 0) is 14.8 Å². The Morgan fingerprint density at radius 3 is 2.67 bits per heavy atom. The third kappa shape index (κ3) is 4.23. The van der Waals surface area contributed by atoms with Gasteiger partial charge in [-0.1, -0.05) is 17.7 Å². The second kappa shape index (κ2) is 7.94. The van der Waals surface area contributed by atoms with Crippen LogP contribution in [0.4, 0.5) is 0 Å². The summed E-state index contributed by atoms with van der Waals surface area (Å²) in [7, 11) is -3.62. The molecular weight excluding hydrogens is 412 g/mol. The largest absolute Gasteiger partial charge is 0.454 e. The monoisotopic (exact) mass is 430 g/mol. The van der Waals surface area contributed by atoms with Crippen molar-refractivity contribution >= 4 is 33.0 Å². The molecule has 0 bridgehead atoms. The van der Waals surface area contributed by atoms with Gasteiger partial charge in [0.1, 0.15) is 4.21 Å². The first-order chi connectivity index (χ1) is 13.0. The zero-order chi connectivity index (χ0) is 18.9. The Balaban J connectivity index is 1.56. The fourth-order valence-corrected chi connectivity index (χ4v) is 5.73. The molecule has 0 saturated carbocycles. The molecule has 1 saturated heterocycles. The summed E-state index contributed by atoms with van der Waals surface area (Å²) in [5, 5.41) is 0. The number of halogens is 1. The van der Waals surface area contributed by atoms with Crippen LogP contribution in [0.5, 0.6) is 11.5 Å². The van der Waals surface area contributed by atoms with Crippen LogP contribution in [-0.4, -0.2) is 53.0 Å². The minimum atomic E-state index is -3.62. The number of hydrogen-bond acceptors (Lipinski definition) is 7. The van der Waals surface area contributed by atoms with Crippen LogP contribution in [0.2, 0.25) is 4.34 Å². The molecule has 4 rings (SSSR count). The Kier molecular flexibility index (Phi) is 5.58. The highest BCUT2D eigenvalue weighted by Gasteiger charge is 2.27.